The van der Waals surface area contributed by atoms with Gasteiger partial charge in [-0.2, -0.15) is 0 Å². The topological polar surface area (TPSA) is 39.2 Å². The van der Waals surface area contributed by atoms with Crippen LogP contribution in [0, 0.1) is 0 Å². The molecule has 0 fully saturated rings. The number of ether oxygens (including phenoxy) is 1. The molecular formula is C17H19NO2. The number of nitrogens with zero attached hydrogens (tertiary/aromatic N) is 1. The highest BCUT2D eigenvalue weighted by Crippen LogP contribution is 2.13. The molecular weight excluding hydrogens is 250 g/mol. The number of ketones is 1. The second-order valence-electron chi connectivity index (χ2n) is 4.78. The fourth-order valence-electron chi connectivity index (χ4n) is 2.10. The van der Waals surface area contributed by atoms with Crippen LogP contribution in [0.3, 0.4) is 0 Å². The smallest absolute Gasteiger partial charge is 0.137 e. The van der Waals surface area contributed by atoms with Crippen molar-refractivity contribution in [3.05, 3.63) is 59.9 Å². The Balaban J connectivity index is 1.73. The standard InChI is InChI=1S/C17H19NO2/c1-20-17-9-7-14(8-10-17)4-2-6-16(19)12-15-5-3-11-18-13-15/h3,5,7-11,13H,2,4,6,12H2,1H3. The van der Waals surface area contributed by atoms with Gasteiger partial charge in [0.2, 0.25) is 0 Å². The molecule has 0 atom stereocenters. The predicted octanol–water partition coefficient (Wildman–Crippen LogP) is 3.22. The second-order valence-corrected chi connectivity index (χ2v) is 4.78. The fourth-order valence-corrected chi connectivity index (χ4v) is 2.10. The molecule has 1 aromatic carbocycles. The fraction of sp³-hybridized carbons (Fsp3) is 0.294. The largest absolute Gasteiger partial charge is 0.497 e. The maximum atomic E-state index is 11.9. The highest BCUT2D eigenvalue weighted by Gasteiger charge is 2.04. The first-order valence-electron chi connectivity index (χ1n) is 6.81. The average Bonchev–Trinajstić information content (AvgIpc) is 2.49. The molecule has 0 saturated heterocycles. The van der Waals surface area contributed by atoms with E-state index in [9.17, 15) is 4.79 Å². The molecule has 0 aliphatic rings. The van der Waals surface area contributed by atoms with E-state index in [1.54, 1.807) is 19.5 Å². The van der Waals surface area contributed by atoms with Crippen molar-refractivity contribution in [2.24, 2.45) is 0 Å². The van der Waals surface area contributed by atoms with Crippen molar-refractivity contribution in [2.45, 2.75) is 25.7 Å². The molecule has 0 amide bonds. The molecule has 0 saturated carbocycles. The molecule has 0 unspecified atom stereocenters. The Labute approximate surface area is 119 Å². The molecule has 2 aromatic rings. The molecule has 0 aliphatic heterocycles. The molecule has 1 aromatic heterocycles. The van der Waals surface area contributed by atoms with E-state index in [2.05, 4.69) is 4.98 Å². The van der Waals surface area contributed by atoms with Crippen molar-refractivity contribution < 1.29 is 9.53 Å². The lowest BCUT2D eigenvalue weighted by Gasteiger charge is -2.04. The van der Waals surface area contributed by atoms with Crippen molar-refractivity contribution in [3.63, 3.8) is 0 Å². The third kappa shape index (κ3) is 4.50. The monoisotopic (exact) mass is 269 g/mol. The number of aryl methyl sites for hydroxylation is 1. The van der Waals surface area contributed by atoms with E-state index >= 15 is 0 Å². The van der Waals surface area contributed by atoms with Crippen LogP contribution in [-0.4, -0.2) is 17.9 Å². The van der Waals surface area contributed by atoms with E-state index in [4.69, 9.17) is 4.74 Å². The average molecular weight is 269 g/mol. The van der Waals surface area contributed by atoms with Crippen LogP contribution >= 0.6 is 0 Å². The Kier molecular flexibility index (Phi) is 5.30. The number of methoxy groups -OCH3 is 1. The van der Waals surface area contributed by atoms with Crippen LogP contribution in [0.4, 0.5) is 0 Å². The van der Waals surface area contributed by atoms with E-state index in [0.29, 0.717) is 12.8 Å². The first-order valence-corrected chi connectivity index (χ1v) is 6.81. The van der Waals surface area contributed by atoms with Crippen molar-refractivity contribution in [2.75, 3.05) is 7.11 Å². The summed E-state index contributed by atoms with van der Waals surface area (Å²) in [5.41, 5.74) is 2.22. The van der Waals surface area contributed by atoms with Crippen LogP contribution < -0.4 is 4.74 Å². The summed E-state index contributed by atoms with van der Waals surface area (Å²) >= 11 is 0. The van der Waals surface area contributed by atoms with Crippen molar-refractivity contribution >= 4 is 5.78 Å². The number of hydrogen-bond donors (Lipinski definition) is 0. The lowest BCUT2D eigenvalue weighted by atomic mass is 10.0. The van der Waals surface area contributed by atoms with Gasteiger partial charge < -0.3 is 4.74 Å². The van der Waals surface area contributed by atoms with Gasteiger partial charge in [0, 0.05) is 25.2 Å². The number of aromatic nitrogens is 1. The molecule has 20 heavy (non-hydrogen) atoms. The normalized spacial score (nSPS) is 10.2. The van der Waals surface area contributed by atoms with Crippen molar-refractivity contribution in [1.29, 1.82) is 0 Å². The van der Waals surface area contributed by atoms with E-state index in [0.717, 1.165) is 24.2 Å². The third-order valence-electron chi connectivity index (χ3n) is 3.20. The number of carbonyl (C=O) groups is 1. The number of carbonyl (C=O) groups excluding carboxylic acids is 1. The quantitative estimate of drug-likeness (QED) is 0.774. The Morgan fingerprint density at radius 3 is 2.60 bits per heavy atom. The Bertz CT molecular complexity index is 535. The zero-order valence-corrected chi connectivity index (χ0v) is 11.7. The second kappa shape index (κ2) is 7.43. The van der Waals surface area contributed by atoms with Crippen LogP contribution in [0.1, 0.15) is 24.0 Å². The Morgan fingerprint density at radius 1 is 1.15 bits per heavy atom. The summed E-state index contributed by atoms with van der Waals surface area (Å²) in [5, 5.41) is 0. The van der Waals surface area contributed by atoms with Crippen LogP contribution in [-0.2, 0) is 17.6 Å². The Morgan fingerprint density at radius 2 is 1.95 bits per heavy atom. The molecule has 104 valence electrons. The highest BCUT2D eigenvalue weighted by atomic mass is 16.5. The van der Waals surface area contributed by atoms with Gasteiger partial charge in [0.15, 0.2) is 0 Å². The minimum Gasteiger partial charge on any atom is -0.497 e. The lowest BCUT2D eigenvalue weighted by molar-refractivity contribution is -0.118. The molecule has 0 N–H and O–H groups in total. The van der Waals surface area contributed by atoms with Gasteiger partial charge in [-0.25, -0.2) is 0 Å². The number of hydrogen-bond acceptors (Lipinski definition) is 3. The first kappa shape index (κ1) is 14.3. The molecule has 0 spiro atoms. The highest BCUT2D eigenvalue weighted by molar-refractivity contribution is 5.80. The van der Waals surface area contributed by atoms with Crippen LogP contribution in [0.25, 0.3) is 0 Å². The summed E-state index contributed by atoms with van der Waals surface area (Å²) in [4.78, 5) is 15.9. The Hall–Kier alpha value is -2.16. The van der Waals surface area contributed by atoms with E-state index in [1.165, 1.54) is 5.56 Å². The van der Waals surface area contributed by atoms with Gasteiger partial charge in [-0.05, 0) is 42.2 Å². The van der Waals surface area contributed by atoms with Gasteiger partial charge >= 0.3 is 0 Å². The number of rotatable bonds is 7. The first-order chi connectivity index (χ1) is 9.78. The van der Waals surface area contributed by atoms with Gasteiger partial charge in [-0.1, -0.05) is 18.2 Å². The summed E-state index contributed by atoms with van der Waals surface area (Å²) in [7, 11) is 1.66. The molecule has 0 radical (unpaired) electrons. The maximum Gasteiger partial charge on any atom is 0.137 e. The van der Waals surface area contributed by atoms with Gasteiger partial charge in [0.25, 0.3) is 0 Å². The molecule has 0 bridgehead atoms. The number of benzene rings is 1. The van der Waals surface area contributed by atoms with Crippen molar-refractivity contribution in [1.82, 2.24) is 4.98 Å². The van der Waals surface area contributed by atoms with E-state index in [1.807, 2.05) is 36.4 Å². The van der Waals surface area contributed by atoms with Crippen LogP contribution in [0.15, 0.2) is 48.8 Å². The molecule has 3 heteroatoms. The SMILES string of the molecule is COc1ccc(CCCC(=O)Cc2cccnc2)cc1. The zero-order valence-electron chi connectivity index (χ0n) is 11.7. The minimum atomic E-state index is 0.270. The third-order valence-corrected chi connectivity index (χ3v) is 3.20. The van der Waals surface area contributed by atoms with Gasteiger partial charge in [0.05, 0.1) is 7.11 Å². The predicted molar refractivity (Wildman–Crippen MR) is 78.9 cm³/mol. The molecule has 3 nitrogen and oxygen atoms in total. The van der Waals surface area contributed by atoms with Gasteiger partial charge in [-0.3, -0.25) is 9.78 Å². The van der Waals surface area contributed by atoms with Gasteiger partial charge in [-0.15, -0.1) is 0 Å². The summed E-state index contributed by atoms with van der Waals surface area (Å²) in [6, 6.07) is 11.8. The number of pyridine rings is 1. The summed E-state index contributed by atoms with van der Waals surface area (Å²) < 4.78 is 5.12. The number of Topliss-reactive ketones (excluding diaryl/α,β-unsaturated/α-hetero) is 1. The van der Waals surface area contributed by atoms with Crippen LogP contribution in [0.2, 0.25) is 0 Å². The van der Waals surface area contributed by atoms with Crippen LogP contribution in [0.5, 0.6) is 5.75 Å². The summed E-state index contributed by atoms with van der Waals surface area (Å²) in [5.74, 6) is 1.13. The molecule has 1 heterocycles. The lowest BCUT2D eigenvalue weighted by Crippen LogP contribution is -2.03. The summed E-state index contributed by atoms with van der Waals surface area (Å²) in [6.07, 6.45) is 6.37. The zero-order chi connectivity index (χ0) is 14.2. The maximum absolute atomic E-state index is 11.9. The molecule has 2 rings (SSSR count). The van der Waals surface area contributed by atoms with Gasteiger partial charge in [0.1, 0.15) is 11.5 Å². The summed E-state index contributed by atoms with van der Waals surface area (Å²) in [6.45, 7) is 0. The van der Waals surface area contributed by atoms with Crippen molar-refractivity contribution in [3.8, 4) is 5.75 Å². The molecule has 0 aliphatic carbocycles. The van der Waals surface area contributed by atoms with E-state index in [-0.39, 0.29) is 5.78 Å². The minimum absolute atomic E-state index is 0.270. The van der Waals surface area contributed by atoms with E-state index < -0.39 is 0 Å².